The monoisotopic (exact) mass is 536 g/mol. The highest BCUT2D eigenvalue weighted by Crippen LogP contribution is 2.37. The molecule has 0 bridgehead atoms. The van der Waals surface area contributed by atoms with Crippen LogP contribution < -0.4 is 10.1 Å². The Labute approximate surface area is 226 Å². The molecule has 0 fully saturated rings. The Kier molecular flexibility index (Phi) is 9.59. The van der Waals surface area contributed by atoms with Gasteiger partial charge in [0.25, 0.3) is 0 Å². The molecule has 1 amide bonds. The predicted octanol–water partition coefficient (Wildman–Crippen LogP) is 6.51. The van der Waals surface area contributed by atoms with Gasteiger partial charge in [-0.25, -0.2) is 0 Å². The number of nitrogens with zero attached hydrogens (tertiary/aromatic N) is 3. The summed E-state index contributed by atoms with van der Waals surface area (Å²) < 4.78 is 13.3. The van der Waals surface area contributed by atoms with Crippen molar-refractivity contribution in [2.45, 2.75) is 30.8 Å². The molecule has 37 heavy (non-hydrogen) atoms. The van der Waals surface area contributed by atoms with E-state index in [1.165, 1.54) is 11.8 Å². The molecule has 192 valence electrons. The number of hydrogen-bond acceptors (Lipinski definition) is 6. The summed E-state index contributed by atoms with van der Waals surface area (Å²) in [5.74, 6) is 1.13. The maximum absolute atomic E-state index is 13.7. The molecule has 4 rings (SSSR count). The third kappa shape index (κ3) is 6.91. The van der Waals surface area contributed by atoms with Crippen LogP contribution in [0.25, 0.3) is 11.4 Å². The molecule has 0 aliphatic rings. The Morgan fingerprint density at radius 3 is 2.43 bits per heavy atom. The second-order valence-corrected chi connectivity index (χ2v) is 9.50. The third-order valence-electron chi connectivity index (χ3n) is 5.49. The molecule has 3 aromatic carbocycles. The number of benzene rings is 3. The van der Waals surface area contributed by atoms with E-state index in [4.69, 9.17) is 21.1 Å². The van der Waals surface area contributed by atoms with Crippen molar-refractivity contribution in [2.75, 3.05) is 25.1 Å². The number of rotatable bonds is 12. The van der Waals surface area contributed by atoms with Crippen molar-refractivity contribution >= 4 is 35.0 Å². The Bertz CT molecular complexity index is 1300. The number of para-hydroxylation sites is 2. The SMILES string of the molecule is CCOCCn1c(S[C@@H](C(=O)Nc2ccccc2OCC)c2ccccc2)nnc1-c1ccc(Cl)cc1. The maximum atomic E-state index is 13.7. The molecular weight excluding hydrogens is 508 g/mol. The van der Waals surface area contributed by atoms with Gasteiger partial charge in [0.1, 0.15) is 11.0 Å². The molecule has 0 saturated heterocycles. The Morgan fingerprint density at radius 1 is 0.973 bits per heavy atom. The van der Waals surface area contributed by atoms with E-state index in [1.54, 1.807) is 0 Å². The van der Waals surface area contributed by atoms with Crippen LogP contribution in [0.5, 0.6) is 5.75 Å². The minimum atomic E-state index is -0.580. The second kappa shape index (κ2) is 13.3. The number of hydrogen-bond donors (Lipinski definition) is 1. The molecule has 1 aromatic heterocycles. The average Bonchev–Trinajstić information content (AvgIpc) is 3.32. The van der Waals surface area contributed by atoms with Crippen LogP contribution in [-0.4, -0.2) is 40.5 Å². The van der Waals surface area contributed by atoms with Crippen LogP contribution in [0.3, 0.4) is 0 Å². The number of aromatic nitrogens is 3. The first-order chi connectivity index (χ1) is 18.1. The summed E-state index contributed by atoms with van der Waals surface area (Å²) >= 11 is 7.44. The van der Waals surface area contributed by atoms with Gasteiger partial charge in [-0.05, 0) is 55.8 Å². The van der Waals surface area contributed by atoms with Gasteiger partial charge >= 0.3 is 0 Å². The lowest BCUT2D eigenvalue weighted by molar-refractivity contribution is -0.115. The lowest BCUT2D eigenvalue weighted by Crippen LogP contribution is -2.20. The average molecular weight is 537 g/mol. The topological polar surface area (TPSA) is 78.3 Å². The van der Waals surface area contributed by atoms with Crippen molar-refractivity contribution < 1.29 is 14.3 Å². The van der Waals surface area contributed by atoms with E-state index in [-0.39, 0.29) is 5.91 Å². The summed E-state index contributed by atoms with van der Waals surface area (Å²) in [6, 6.07) is 24.5. The number of ether oxygens (including phenoxy) is 2. The molecule has 9 heteroatoms. The van der Waals surface area contributed by atoms with E-state index >= 15 is 0 Å². The fourth-order valence-electron chi connectivity index (χ4n) is 3.75. The van der Waals surface area contributed by atoms with Crippen LogP contribution in [0.2, 0.25) is 5.02 Å². The molecule has 0 saturated carbocycles. The Hall–Kier alpha value is -3.33. The number of carbonyl (C=O) groups excluding carboxylic acids is 1. The predicted molar refractivity (Wildman–Crippen MR) is 148 cm³/mol. The molecule has 0 spiro atoms. The Morgan fingerprint density at radius 2 is 1.70 bits per heavy atom. The molecule has 0 aliphatic heterocycles. The number of nitrogens with one attached hydrogen (secondary N) is 1. The number of amides is 1. The van der Waals surface area contributed by atoms with E-state index in [0.717, 1.165) is 11.1 Å². The van der Waals surface area contributed by atoms with Crippen LogP contribution in [0.4, 0.5) is 5.69 Å². The zero-order valence-electron chi connectivity index (χ0n) is 20.8. The molecule has 0 aliphatic carbocycles. The van der Waals surface area contributed by atoms with Crippen LogP contribution >= 0.6 is 23.4 Å². The lowest BCUT2D eigenvalue weighted by Gasteiger charge is -2.19. The van der Waals surface area contributed by atoms with Crippen LogP contribution in [0, 0.1) is 0 Å². The highest BCUT2D eigenvalue weighted by atomic mass is 35.5. The van der Waals surface area contributed by atoms with Gasteiger partial charge in [0.2, 0.25) is 5.91 Å². The second-order valence-electron chi connectivity index (χ2n) is 7.99. The Balaban J connectivity index is 1.67. The van der Waals surface area contributed by atoms with Crippen molar-refractivity contribution in [1.82, 2.24) is 14.8 Å². The van der Waals surface area contributed by atoms with E-state index in [0.29, 0.717) is 53.8 Å². The summed E-state index contributed by atoms with van der Waals surface area (Å²) in [6.07, 6.45) is 0. The van der Waals surface area contributed by atoms with Gasteiger partial charge in [-0.15, -0.1) is 10.2 Å². The van der Waals surface area contributed by atoms with Crippen molar-refractivity contribution in [3.8, 4) is 17.1 Å². The fourth-order valence-corrected chi connectivity index (χ4v) is 4.93. The van der Waals surface area contributed by atoms with E-state index in [1.807, 2.05) is 97.3 Å². The van der Waals surface area contributed by atoms with E-state index < -0.39 is 5.25 Å². The molecule has 1 N–H and O–H groups in total. The first-order valence-electron chi connectivity index (χ1n) is 12.1. The highest BCUT2D eigenvalue weighted by Gasteiger charge is 2.27. The molecule has 1 atom stereocenters. The van der Waals surface area contributed by atoms with Crippen LogP contribution in [0.1, 0.15) is 24.7 Å². The molecule has 0 unspecified atom stereocenters. The molecule has 7 nitrogen and oxygen atoms in total. The lowest BCUT2D eigenvalue weighted by atomic mass is 10.1. The number of carbonyl (C=O) groups is 1. The highest BCUT2D eigenvalue weighted by molar-refractivity contribution is 8.00. The summed E-state index contributed by atoms with van der Waals surface area (Å²) in [5, 5.41) is 12.7. The van der Waals surface area contributed by atoms with Crippen LogP contribution in [-0.2, 0) is 16.1 Å². The quantitative estimate of drug-likeness (QED) is 0.164. The summed E-state index contributed by atoms with van der Waals surface area (Å²) in [5.41, 5.74) is 2.36. The standard InChI is InChI=1S/C28H29ClN4O3S/c1-3-35-19-18-33-26(21-14-16-22(29)17-15-21)31-32-28(33)37-25(20-10-6-5-7-11-20)27(34)30-23-12-8-9-13-24(23)36-4-2/h5-17,25H,3-4,18-19H2,1-2H3,(H,30,34)/t25-/m1/s1. The van der Waals surface area contributed by atoms with Gasteiger partial charge < -0.3 is 14.8 Å². The van der Waals surface area contributed by atoms with Gasteiger partial charge in [-0.1, -0.05) is 65.8 Å². The van der Waals surface area contributed by atoms with Crippen molar-refractivity contribution in [1.29, 1.82) is 0 Å². The van der Waals surface area contributed by atoms with Crippen molar-refractivity contribution in [2.24, 2.45) is 0 Å². The smallest absolute Gasteiger partial charge is 0.242 e. The molecule has 0 radical (unpaired) electrons. The van der Waals surface area contributed by atoms with E-state index in [2.05, 4.69) is 15.5 Å². The normalized spacial score (nSPS) is 11.8. The van der Waals surface area contributed by atoms with Crippen molar-refractivity contribution in [3.63, 3.8) is 0 Å². The maximum Gasteiger partial charge on any atom is 0.242 e. The number of anilines is 1. The van der Waals surface area contributed by atoms with Gasteiger partial charge in [0, 0.05) is 17.2 Å². The molecule has 1 heterocycles. The van der Waals surface area contributed by atoms with Gasteiger partial charge in [-0.3, -0.25) is 9.36 Å². The summed E-state index contributed by atoms with van der Waals surface area (Å²) in [7, 11) is 0. The number of thioether (sulfide) groups is 1. The number of halogens is 1. The van der Waals surface area contributed by atoms with Gasteiger partial charge in [0.15, 0.2) is 11.0 Å². The minimum absolute atomic E-state index is 0.184. The zero-order chi connectivity index (χ0) is 26.0. The minimum Gasteiger partial charge on any atom is -0.492 e. The molecule has 4 aromatic rings. The first-order valence-corrected chi connectivity index (χ1v) is 13.4. The van der Waals surface area contributed by atoms with E-state index in [9.17, 15) is 4.79 Å². The first kappa shape index (κ1) is 26.7. The molecular formula is C28H29ClN4O3S. The zero-order valence-corrected chi connectivity index (χ0v) is 22.3. The largest absolute Gasteiger partial charge is 0.492 e. The fraction of sp³-hybridized carbons (Fsp3) is 0.250. The van der Waals surface area contributed by atoms with Gasteiger partial charge in [0.05, 0.1) is 25.4 Å². The summed E-state index contributed by atoms with van der Waals surface area (Å²) in [6.45, 7) is 6.01. The summed E-state index contributed by atoms with van der Waals surface area (Å²) in [4.78, 5) is 13.7. The van der Waals surface area contributed by atoms with Crippen molar-refractivity contribution in [3.05, 3.63) is 89.4 Å². The van der Waals surface area contributed by atoms with Crippen LogP contribution in [0.15, 0.2) is 84.0 Å². The van der Waals surface area contributed by atoms with Gasteiger partial charge in [-0.2, -0.15) is 0 Å². The third-order valence-corrected chi connectivity index (χ3v) is 6.98.